The molecule has 0 spiro atoms. The normalized spacial score (nSPS) is 10.4. The van der Waals surface area contributed by atoms with Gasteiger partial charge in [0.15, 0.2) is 16.6 Å². The number of Topliss-reactive ketones (excluding diaryl/α,β-unsaturated/α-hetero) is 1. The quantitative estimate of drug-likeness (QED) is 0.801. The third-order valence-corrected chi connectivity index (χ3v) is 4.14. The molecule has 0 aliphatic heterocycles. The predicted octanol–water partition coefficient (Wildman–Crippen LogP) is 3.22. The van der Waals surface area contributed by atoms with E-state index in [9.17, 15) is 9.59 Å². The number of hydrogen-bond acceptors (Lipinski definition) is 5. The van der Waals surface area contributed by atoms with Crippen LogP contribution in [-0.2, 0) is 13.0 Å². The van der Waals surface area contributed by atoms with Crippen LogP contribution in [-0.4, -0.2) is 21.8 Å². The van der Waals surface area contributed by atoms with Crippen LogP contribution in [0, 0.1) is 0 Å². The topological polar surface area (TPSA) is 79.3 Å². The Bertz CT molecular complexity index is 631. The summed E-state index contributed by atoms with van der Waals surface area (Å²) in [7, 11) is 0. The van der Waals surface area contributed by atoms with Crippen molar-refractivity contribution >= 4 is 28.2 Å². The van der Waals surface area contributed by atoms with Crippen molar-refractivity contribution in [2.45, 2.75) is 26.8 Å². The molecule has 2 rings (SSSR count). The lowest BCUT2D eigenvalue weighted by molar-refractivity contribution is 0.0687. The third kappa shape index (κ3) is 3.66. The summed E-state index contributed by atoms with van der Waals surface area (Å²) < 4.78 is 0. The maximum Gasteiger partial charge on any atom is 0.356 e. The molecule has 0 bridgehead atoms. The summed E-state index contributed by atoms with van der Waals surface area (Å²) in [6.45, 7) is 3.97. The van der Waals surface area contributed by atoms with Gasteiger partial charge in [-0.1, -0.05) is 42.5 Å². The molecule has 0 aliphatic rings. The second-order valence-electron chi connectivity index (χ2n) is 4.58. The van der Waals surface area contributed by atoms with E-state index in [1.807, 2.05) is 12.1 Å². The van der Waals surface area contributed by atoms with Gasteiger partial charge in [-0.2, -0.15) is 0 Å². The largest absolute Gasteiger partial charge is 0.476 e. The van der Waals surface area contributed by atoms with Gasteiger partial charge in [0, 0.05) is 13.5 Å². The van der Waals surface area contributed by atoms with Crippen LogP contribution in [0.4, 0.5) is 5.13 Å². The number of aromatic nitrogens is 1. The molecule has 2 N–H and O–H groups in total. The number of carboxylic acid groups (broad SMARTS) is 1. The minimum absolute atomic E-state index is 0.173. The summed E-state index contributed by atoms with van der Waals surface area (Å²) in [4.78, 5) is 26.6. The fourth-order valence-corrected chi connectivity index (χ4v) is 2.70. The van der Waals surface area contributed by atoms with Crippen molar-refractivity contribution in [1.29, 1.82) is 0 Å². The van der Waals surface area contributed by atoms with Crippen LogP contribution in [0.25, 0.3) is 0 Å². The molecular weight excluding hydrogens is 288 g/mol. The van der Waals surface area contributed by atoms with Gasteiger partial charge in [-0.05, 0) is 17.5 Å². The molecule has 0 unspecified atom stereocenters. The number of aromatic carboxylic acids is 1. The van der Waals surface area contributed by atoms with Gasteiger partial charge in [0.25, 0.3) is 0 Å². The Balaban J connectivity index is 2.10. The molecule has 0 saturated heterocycles. The first-order valence-corrected chi connectivity index (χ1v) is 7.39. The van der Waals surface area contributed by atoms with Gasteiger partial charge in [0.2, 0.25) is 0 Å². The number of aryl methyl sites for hydroxylation is 1. The van der Waals surface area contributed by atoms with E-state index in [1.165, 1.54) is 12.5 Å². The standard InChI is InChI=1S/C15H16N2O3S/c1-3-10-4-6-11(7-5-10)8-16-15-17-12(14(19)20)13(21-15)9(2)18/h4-7H,3,8H2,1-2H3,(H,16,17)(H,19,20). The number of carbonyl (C=O) groups excluding carboxylic acids is 1. The fraction of sp³-hybridized carbons (Fsp3) is 0.267. The molecular formula is C15H16N2O3S. The zero-order valence-corrected chi connectivity index (χ0v) is 12.7. The first-order valence-electron chi connectivity index (χ1n) is 6.58. The first kappa shape index (κ1) is 15.2. The van der Waals surface area contributed by atoms with Crippen molar-refractivity contribution in [2.75, 3.05) is 5.32 Å². The van der Waals surface area contributed by atoms with Crippen LogP contribution in [0.2, 0.25) is 0 Å². The van der Waals surface area contributed by atoms with Crippen molar-refractivity contribution in [3.8, 4) is 0 Å². The molecule has 5 nitrogen and oxygen atoms in total. The number of hydrogen-bond donors (Lipinski definition) is 2. The molecule has 0 amide bonds. The van der Waals surface area contributed by atoms with Gasteiger partial charge < -0.3 is 10.4 Å². The zero-order chi connectivity index (χ0) is 15.4. The van der Waals surface area contributed by atoms with E-state index >= 15 is 0 Å². The molecule has 0 aliphatic carbocycles. The van der Waals surface area contributed by atoms with Crippen molar-refractivity contribution in [1.82, 2.24) is 4.98 Å². The molecule has 6 heteroatoms. The summed E-state index contributed by atoms with van der Waals surface area (Å²) in [6.07, 6.45) is 0.990. The number of carboxylic acids is 1. The Morgan fingerprint density at radius 3 is 2.33 bits per heavy atom. The van der Waals surface area contributed by atoms with E-state index in [4.69, 9.17) is 5.11 Å². The fourth-order valence-electron chi connectivity index (χ4n) is 1.85. The number of nitrogens with zero attached hydrogens (tertiary/aromatic N) is 1. The Morgan fingerprint density at radius 2 is 1.86 bits per heavy atom. The number of nitrogens with one attached hydrogen (secondary N) is 1. The summed E-state index contributed by atoms with van der Waals surface area (Å²) in [5.74, 6) is -1.47. The van der Waals surface area contributed by atoms with Gasteiger partial charge >= 0.3 is 5.97 Å². The van der Waals surface area contributed by atoms with Crippen LogP contribution >= 0.6 is 11.3 Å². The summed E-state index contributed by atoms with van der Waals surface area (Å²) in [5, 5.41) is 12.5. The maximum absolute atomic E-state index is 11.4. The zero-order valence-electron chi connectivity index (χ0n) is 11.8. The van der Waals surface area contributed by atoms with E-state index < -0.39 is 5.97 Å². The molecule has 1 aromatic heterocycles. The average Bonchev–Trinajstić information content (AvgIpc) is 2.90. The maximum atomic E-state index is 11.4. The summed E-state index contributed by atoms with van der Waals surface area (Å²) >= 11 is 1.07. The van der Waals surface area contributed by atoms with E-state index in [-0.39, 0.29) is 16.4 Å². The molecule has 0 radical (unpaired) electrons. The number of carbonyl (C=O) groups is 2. The predicted molar refractivity (Wildman–Crippen MR) is 82.2 cm³/mol. The minimum atomic E-state index is -1.18. The number of benzene rings is 1. The Morgan fingerprint density at radius 1 is 1.24 bits per heavy atom. The SMILES string of the molecule is CCc1ccc(CNc2nc(C(=O)O)c(C(C)=O)s2)cc1. The van der Waals surface area contributed by atoms with E-state index in [0.717, 1.165) is 23.3 Å². The lowest BCUT2D eigenvalue weighted by atomic mass is 10.1. The van der Waals surface area contributed by atoms with Gasteiger partial charge in [-0.15, -0.1) is 0 Å². The van der Waals surface area contributed by atoms with Gasteiger partial charge in [0.05, 0.1) is 0 Å². The molecule has 21 heavy (non-hydrogen) atoms. The smallest absolute Gasteiger partial charge is 0.356 e. The Hall–Kier alpha value is -2.21. The molecule has 0 atom stereocenters. The lowest BCUT2D eigenvalue weighted by Crippen LogP contribution is -2.04. The number of rotatable bonds is 6. The van der Waals surface area contributed by atoms with Crippen LogP contribution in [0.15, 0.2) is 24.3 Å². The molecule has 0 saturated carbocycles. The summed E-state index contributed by atoms with van der Waals surface area (Å²) in [5.41, 5.74) is 2.15. The molecule has 1 aromatic carbocycles. The highest BCUT2D eigenvalue weighted by atomic mass is 32.1. The van der Waals surface area contributed by atoms with Crippen molar-refractivity contribution in [3.63, 3.8) is 0 Å². The highest BCUT2D eigenvalue weighted by Gasteiger charge is 2.20. The molecule has 110 valence electrons. The minimum Gasteiger partial charge on any atom is -0.476 e. The Labute approximate surface area is 126 Å². The van der Waals surface area contributed by atoms with Gasteiger partial charge in [-0.3, -0.25) is 4.79 Å². The van der Waals surface area contributed by atoms with Gasteiger partial charge in [0.1, 0.15) is 4.88 Å². The number of anilines is 1. The average molecular weight is 304 g/mol. The molecule has 1 heterocycles. The highest BCUT2D eigenvalue weighted by molar-refractivity contribution is 7.17. The third-order valence-electron chi connectivity index (χ3n) is 3.02. The van der Waals surface area contributed by atoms with Crippen LogP contribution in [0.5, 0.6) is 0 Å². The lowest BCUT2D eigenvalue weighted by Gasteiger charge is -2.03. The van der Waals surface area contributed by atoms with Crippen LogP contribution in [0.3, 0.4) is 0 Å². The van der Waals surface area contributed by atoms with E-state index in [1.54, 1.807) is 0 Å². The molecule has 0 fully saturated rings. The summed E-state index contributed by atoms with van der Waals surface area (Å²) in [6, 6.07) is 8.15. The van der Waals surface area contributed by atoms with Crippen molar-refractivity contribution in [2.24, 2.45) is 0 Å². The van der Waals surface area contributed by atoms with Gasteiger partial charge in [-0.25, -0.2) is 9.78 Å². The van der Waals surface area contributed by atoms with Crippen LogP contribution in [0.1, 0.15) is 45.1 Å². The van der Waals surface area contributed by atoms with Crippen LogP contribution < -0.4 is 5.32 Å². The monoisotopic (exact) mass is 304 g/mol. The second-order valence-corrected chi connectivity index (χ2v) is 5.58. The Kier molecular flexibility index (Phi) is 4.70. The first-order chi connectivity index (χ1) is 10.0. The number of thiazole rings is 1. The van der Waals surface area contributed by atoms with E-state index in [0.29, 0.717) is 11.7 Å². The highest BCUT2D eigenvalue weighted by Crippen LogP contribution is 2.24. The van der Waals surface area contributed by atoms with E-state index in [2.05, 4.69) is 29.4 Å². The number of ketones is 1. The second kappa shape index (κ2) is 6.49. The van der Waals surface area contributed by atoms with Crippen molar-refractivity contribution < 1.29 is 14.7 Å². The van der Waals surface area contributed by atoms with Crippen molar-refractivity contribution in [3.05, 3.63) is 46.0 Å². The molecule has 2 aromatic rings.